The van der Waals surface area contributed by atoms with Crippen LogP contribution in [0.3, 0.4) is 0 Å². The molecule has 118 valence electrons. The summed E-state index contributed by atoms with van der Waals surface area (Å²) >= 11 is 6.02. The van der Waals surface area contributed by atoms with E-state index < -0.39 is 5.91 Å². The molecule has 0 spiro atoms. The topological polar surface area (TPSA) is 82.2 Å². The van der Waals surface area contributed by atoms with Crippen LogP contribution in [0, 0.1) is 11.3 Å². The molecule has 3 N–H and O–H groups in total. The smallest absolute Gasteiger partial charge is 0.267 e. The van der Waals surface area contributed by atoms with Gasteiger partial charge in [0, 0.05) is 24.0 Å². The number of carbonyl (C=O) groups is 1. The van der Waals surface area contributed by atoms with Gasteiger partial charge in [0.2, 0.25) is 0 Å². The first-order valence-corrected chi connectivity index (χ1v) is 7.32. The quantitative estimate of drug-likeness (QED) is 0.506. The summed E-state index contributed by atoms with van der Waals surface area (Å²) in [7, 11) is 0. The zero-order valence-electron chi connectivity index (χ0n) is 13.3. The largest absolute Gasteiger partial charge is 0.399 e. The summed E-state index contributed by atoms with van der Waals surface area (Å²) < 4.78 is 0. The molecule has 1 aromatic rings. The van der Waals surface area contributed by atoms with Crippen molar-refractivity contribution in [3.05, 3.63) is 35.0 Å². The molecule has 0 aromatic heterocycles. The Morgan fingerprint density at radius 3 is 2.59 bits per heavy atom. The fourth-order valence-corrected chi connectivity index (χ4v) is 2.11. The third kappa shape index (κ3) is 4.68. The maximum atomic E-state index is 12.2. The molecule has 22 heavy (non-hydrogen) atoms. The van der Waals surface area contributed by atoms with Crippen molar-refractivity contribution in [3.8, 4) is 6.07 Å². The van der Waals surface area contributed by atoms with Crippen molar-refractivity contribution in [3.63, 3.8) is 0 Å². The molecule has 0 atom stereocenters. The van der Waals surface area contributed by atoms with Crippen LogP contribution < -0.4 is 11.1 Å². The van der Waals surface area contributed by atoms with Gasteiger partial charge in [-0.1, -0.05) is 11.6 Å². The van der Waals surface area contributed by atoms with E-state index >= 15 is 0 Å². The standard InChI is InChI=1S/C16H21ClN4O/c1-5-21(16(2,3)4)10-11(9-18)15(22)20-14-7-6-12(19)8-13(14)17/h6-8,10H,5,19H2,1-4H3,(H,20,22)/b11-10-. The van der Waals surface area contributed by atoms with Gasteiger partial charge in [-0.3, -0.25) is 4.79 Å². The highest BCUT2D eigenvalue weighted by Gasteiger charge is 2.19. The predicted molar refractivity (Wildman–Crippen MR) is 90.3 cm³/mol. The number of carbonyl (C=O) groups excluding carboxylic acids is 1. The molecule has 0 aliphatic heterocycles. The van der Waals surface area contributed by atoms with Crippen LogP contribution in [0.5, 0.6) is 0 Å². The highest BCUT2D eigenvalue weighted by atomic mass is 35.5. The van der Waals surface area contributed by atoms with E-state index in [0.29, 0.717) is 22.9 Å². The van der Waals surface area contributed by atoms with Crippen LogP contribution in [0.4, 0.5) is 11.4 Å². The van der Waals surface area contributed by atoms with Crippen molar-refractivity contribution in [1.29, 1.82) is 5.26 Å². The minimum atomic E-state index is -0.503. The fraction of sp³-hybridized carbons (Fsp3) is 0.375. The number of benzene rings is 1. The summed E-state index contributed by atoms with van der Waals surface area (Å²) in [6.07, 6.45) is 1.57. The minimum absolute atomic E-state index is 0.0182. The van der Waals surface area contributed by atoms with Gasteiger partial charge >= 0.3 is 0 Å². The van der Waals surface area contributed by atoms with Crippen molar-refractivity contribution < 1.29 is 4.79 Å². The molecule has 0 aliphatic carbocycles. The summed E-state index contributed by atoms with van der Waals surface area (Å²) in [5, 5.41) is 12.2. The summed E-state index contributed by atoms with van der Waals surface area (Å²) in [5.41, 5.74) is 6.36. The molecular formula is C16H21ClN4O. The Hall–Kier alpha value is -2.19. The molecule has 1 aromatic carbocycles. The Morgan fingerprint density at radius 2 is 2.14 bits per heavy atom. The second-order valence-electron chi connectivity index (χ2n) is 5.80. The summed E-state index contributed by atoms with van der Waals surface area (Å²) in [5.74, 6) is -0.503. The molecule has 0 fully saturated rings. The van der Waals surface area contributed by atoms with E-state index in [-0.39, 0.29) is 11.1 Å². The van der Waals surface area contributed by atoms with E-state index in [1.54, 1.807) is 24.4 Å². The molecule has 6 heteroatoms. The predicted octanol–water partition coefficient (Wildman–Crippen LogP) is 3.39. The first kappa shape index (κ1) is 17.9. The molecule has 0 aliphatic rings. The SMILES string of the molecule is CCN(/C=C(/C#N)C(=O)Nc1ccc(N)cc1Cl)C(C)(C)C. The lowest BCUT2D eigenvalue weighted by atomic mass is 10.1. The first-order valence-electron chi connectivity index (χ1n) is 6.94. The monoisotopic (exact) mass is 320 g/mol. The molecule has 1 amide bonds. The van der Waals surface area contributed by atoms with Crippen molar-refractivity contribution in [2.75, 3.05) is 17.6 Å². The number of rotatable bonds is 4. The molecule has 0 heterocycles. The highest BCUT2D eigenvalue weighted by molar-refractivity contribution is 6.34. The number of hydrogen-bond acceptors (Lipinski definition) is 4. The van der Waals surface area contributed by atoms with Crippen LogP contribution >= 0.6 is 11.6 Å². The molecule has 0 unspecified atom stereocenters. The zero-order valence-corrected chi connectivity index (χ0v) is 14.0. The van der Waals surface area contributed by atoms with Gasteiger partial charge in [-0.15, -0.1) is 0 Å². The summed E-state index contributed by atoms with van der Waals surface area (Å²) in [4.78, 5) is 14.2. The van der Waals surface area contributed by atoms with E-state index in [1.807, 2.05) is 38.7 Å². The minimum Gasteiger partial charge on any atom is -0.399 e. The highest BCUT2D eigenvalue weighted by Crippen LogP contribution is 2.24. The number of amides is 1. The number of nitrogens with two attached hydrogens (primary N) is 1. The maximum absolute atomic E-state index is 12.2. The Labute approximate surface area is 136 Å². The molecule has 0 saturated heterocycles. The number of nitrogens with zero attached hydrogens (tertiary/aromatic N) is 2. The Bertz CT molecular complexity index is 626. The van der Waals surface area contributed by atoms with Crippen LogP contribution in [-0.2, 0) is 4.79 Å². The maximum Gasteiger partial charge on any atom is 0.267 e. The Kier molecular flexibility index (Phi) is 5.84. The van der Waals surface area contributed by atoms with Crippen LogP contribution in [-0.4, -0.2) is 22.9 Å². The number of halogens is 1. The van der Waals surface area contributed by atoms with Gasteiger partial charge in [-0.2, -0.15) is 5.26 Å². The lowest BCUT2D eigenvalue weighted by Gasteiger charge is -2.33. The van der Waals surface area contributed by atoms with Gasteiger partial charge in [0.1, 0.15) is 11.6 Å². The van der Waals surface area contributed by atoms with E-state index in [4.69, 9.17) is 17.3 Å². The van der Waals surface area contributed by atoms with E-state index in [1.165, 1.54) is 0 Å². The first-order chi connectivity index (χ1) is 10.2. The third-order valence-electron chi connectivity index (χ3n) is 3.09. The van der Waals surface area contributed by atoms with E-state index in [9.17, 15) is 10.1 Å². The van der Waals surface area contributed by atoms with Gasteiger partial charge in [-0.25, -0.2) is 0 Å². The Morgan fingerprint density at radius 1 is 1.50 bits per heavy atom. The van der Waals surface area contributed by atoms with Crippen molar-refractivity contribution in [1.82, 2.24) is 4.90 Å². The van der Waals surface area contributed by atoms with Crippen molar-refractivity contribution in [2.24, 2.45) is 0 Å². The van der Waals surface area contributed by atoms with Gasteiger partial charge in [-0.05, 0) is 45.9 Å². The van der Waals surface area contributed by atoms with Gasteiger partial charge in [0.15, 0.2) is 0 Å². The van der Waals surface area contributed by atoms with Gasteiger partial charge in [0.25, 0.3) is 5.91 Å². The van der Waals surface area contributed by atoms with Crippen LogP contribution in [0.2, 0.25) is 5.02 Å². The number of nitrogens with one attached hydrogen (secondary N) is 1. The number of nitrogen functional groups attached to an aromatic ring is 1. The second kappa shape index (κ2) is 7.19. The van der Waals surface area contributed by atoms with Crippen molar-refractivity contribution in [2.45, 2.75) is 33.2 Å². The average Bonchev–Trinajstić information content (AvgIpc) is 2.41. The summed E-state index contributed by atoms with van der Waals surface area (Å²) in [6.45, 7) is 8.68. The molecule has 1 rings (SSSR count). The number of nitriles is 1. The van der Waals surface area contributed by atoms with Crippen molar-refractivity contribution >= 4 is 28.9 Å². The lowest BCUT2D eigenvalue weighted by Crippen LogP contribution is -2.37. The van der Waals surface area contributed by atoms with Gasteiger partial charge in [0.05, 0.1) is 10.7 Å². The van der Waals surface area contributed by atoms with E-state index in [2.05, 4.69) is 5.32 Å². The van der Waals surface area contributed by atoms with Gasteiger partial charge < -0.3 is 16.0 Å². The Balaban J connectivity index is 3.00. The molecule has 5 nitrogen and oxygen atoms in total. The molecule has 0 radical (unpaired) electrons. The third-order valence-corrected chi connectivity index (χ3v) is 3.41. The number of anilines is 2. The second-order valence-corrected chi connectivity index (χ2v) is 6.21. The molecular weight excluding hydrogens is 300 g/mol. The molecule has 0 bridgehead atoms. The van der Waals surface area contributed by atoms with Crippen LogP contribution in [0.25, 0.3) is 0 Å². The number of hydrogen-bond donors (Lipinski definition) is 2. The zero-order chi connectivity index (χ0) is 16.9. The lowest BCUT2D eigenvalue weighted by molar-refractivity contribution is -0.112. The van der Waals surface area contributed by atoms with Crippen LogP contribution in [0.1, 0.15) is 27.7 Å². The fourth-order valence-electron chi connectivity index (χ4n) is 1.88. The summed E-state index contributed by atoms with van der Waals surface area (Å²) in [6, 6.07) is 6.70. The van der Waals surface area contributed by atoms with Crippen LogP contribution in [0.15, 0.2) is 30.0 Å². The molecule has 0 saturated carbocycles. The average molecular weight is 321 g/mol. The van der Waals surface area contributed by atoms with E-state index in [0.717, 1.165) is 0 Å². The normalized spacial score (nSPS) is 11.7.